The average Bonchev–Trinajstić information content (AvgIpc) is 2.88. The molecule has 1 aliphatic rings. The predicted octanol–water partition coefficient (Wildman–Crippen LogP) is 1.90. The summed E-state index contributed by atoms with van der Waals surface area (Å²) in [7, 11) is -3.83. The maximum atomic E-state index is 12.9. The Morgan fingerprint density at radius 3 is 2.41 bits per heavy atom. The number of para-hydroxylation sites is 1. The molecule has 0 saturated carbocycles. The topological polar surface area (TPSA) is 80.5 Å². The number of anilines is 1. The first kappa shape index (κ1) is 15.3. The summed E-state index contributed by atoms with van der Waals surface area (Å²) in [5.41, 5.74) is 6.74. The lowest BCUT2D eigenvalue weighted by molar-refractivity contribution is -0.118. The van der Waals surface area contributed by atoms with Crippen molar-refractivity contribution in [1.82, 2.24) is 0 Å². The lowest BCUT2D eigenvalue weighted by Gasteiger charge is -2.25. The number of rotatable bonds is 3. The molecule has 2 N–H and O–H groups in total. The zero-order chi connectivity index (χ0) is 15.9. The summed E-state index contributed by atoms with van der Waals surface area (Å²) in [6, 6.07) is 12.7. The molecule has 0 aliphatic carbocycles. The number of sulfonamides is 1. The lowest BCUT2D eigenvalue weighted by Crippen LogP contribution is -2.45. The van der Waals surface area contributed by atoms with Gasteiger partial charge in [-0.05, 0) is 58.5 Å². The highest BCUT2D eigenvalue weighted by atomic mass is 127. The van der Waals surface area contributed by atoms with Crippen molar-refractivity contribution in [3.8, 4) is 0 Å². The highest BCUT2D eigenvalue weighted by Gasteiger charge is 2.41. The van der Waals surface area contributed by atoms with E-state index in [2.05, 4.69) is 22.6 Å². The van der Waals surface area contributed by atoms with E-state index in [1.807, 2.05) is 12.1 Å². The molecule has 0 bridgehead atoms. The zero-order valence-corrected chi connectivity index (χ0v) is 14.4. The fourth-order valence-electron chi connectivity index (χ4n) is 2.59. The van der Waals surface area contributed by atoms with Gasteiger partial charge in [0.15, 0.2) is 0 Å². The molecule has 0 saturated heterocycles. The molecule has 2 aromatic rings. The molecule has 0 fully saturated rings. The first-order chi connectivity index (χ1) is 10.4. The Kier molecular flexibility index (Phi) is 3.85. The Bertz CT molecular complexity index is 834. The minimum absolute atomic E-state index is 0.149. The van der Waals surface area contributed by atoms with Crippen LogP contribution in [0.2, 0.25) is 0 Å². The van der Waals surface area contributed by atoms with E-state index in [0.29, 0.717) is 12.1 Å². The van der Waals surface area contributed by atoms with Crippen molar-refractivity contribution in [3.63, 3.8) is 0 Å². The highest BCUT2D eigenvalue weighted by molar-refractivity contribution is 14.1. The van der Waals surface area contributed by atoms with Crippen molar-refractivity contribution >= 4 is 44.2 Å². The molecule has 3 rings (SSSR count). The van der Waals surface area contributed by atoms with Crippen LogP contribution in [0.3, 0.4) is 0 Å². The number of hydrogen-bond donors (Lipinski definition) is 1. The van der Waals surface area contributed by atoms with Gasteiger partial charge in [0.25, 0.3) is 10.0 Å². The summed E-state index contributed by atoms with van der Waals surface area (Å²) in [6.45, 7) is 0. The first-order valence-electron chi connectivity index (χ1n) is 6.58. The van der Waals surface area contributed by atoms with Crippen LogP contribution in [0.4, 0.5) is 5.69 Å². The van der Waals surface area contributed by atoms with Crippen LogP contribution in [0.25, 0.3) is 0 Å². The molecule has 1 amide bonds. The minimum atomic E-state index is -3.83. The molecule has 5 nitrogen and oxygen atoms in total. The summed E-state index contributed by atoms with van der Waals surface area (Å²) in [5.74, 6) is -0.648. The van der Waals surface area contributed by atoms with Crippen LogP contribution >= 0.6 is 22.6 Å². The van der Waals surface area contributed by atoms with Gasteiger partial charge >= 0.3 is 0 Å². The average molecular weight is 428 g/mol. The predicted molar refractivity (Wildman–Crippen MR) is 92.0 cm³/mol. The van der Waals surface area contributed by atoms with Crippen LogP contribution in [-0.4, -0.2) is 20.4 Å². The summed E-state index contributed by atoms with van der Waals surface area (Å²) in [6.07, 6.45) is 0.301. The number of hydrogen-bond acceptors (Lipinski definition) is 3. The monoisotopic (exact) mass is 428 g/mol. The Hall–Kier alpha value is -1.61. The number of nitrogens with two attached hydrogens (primary N) is 1. The largest absolute Gasteiger partial charge is 0.368 e. The Labute approximate surface area is 142 Å². The second-order valence-electron chi connectivity index (χ2n) is 5.01. The van der Waals surface area contributed by atoms with Gasteiger partial charge < -0.3 is 5.73 Å². The Balaban J connectivity index is 2.14. The standard InChI is InChI=1S/C15H13IN2O3S/c16-11-5-7-12(8-6-11)22(20,21)18-13-4-2-1-3-10(13)9-14(18)15(17)19/h1-8,14H,9H2,(H2,17,19)/t14-/m0/s1. The molecule has 2 aromatic carbocycles. The second-order valence-corrected chi connectivity index (χ2v) is 8.07. The van der Waals surface area contributed by atoms with E-state index in [1.165, 1.54) is 12.1 Å². The number of carbonyl (C=O) groups is 1. The minimum Gasteiger partial charge on any atom is -0.368 e. The third-order valence-electron chi connectivity index (χ3n) is 3.62. The second kappa shape index (κ2) is 5.54. The molecule has 114 valence electrons. The van der Waals surface area contributed by atoms with Crippen molar-refractivity contribution < 1.29 is 13.2 Å². The van der Waals surface area contributed by atoms with Crippen LogP contribution < -0.4 is 10.0 Å². The van der Waals surface area contributed by atoms with Crippen LogP contribution in [0.5, 0.6) is 0 Å². The van der Waals surface area contributed by atoms with E-state index >= 15 is 0 Å². The quantitative estimate of drug-likeness (QED) is 0.759. The van der Waals surface area contributed by atoms with E-state index in [9.17, 15) is 13.2 Å². The summed E-state index contributed by atoms with van der Waals surface area (Å²) in [5, 5.41) is 0. The van der Waals surface area contributed by atoms with Crippen molar-refractivity contribution in [2.75, 3.05) is 4.31 Å². The molecule has 7 heteroatoms. The van der Waals surface area contributed by atoms with Gasteiger partial charge in [-0.3, -0.25) is 9.10 Å². The van der Waals surface area contributed by atoms with Crippen LogP contribution in [0.1, 0.15) is 5.56 Å². The first-order valence-corrected chi connectivity index (χ1v) is 9.10. The van der Waals surface area contributed by atoms with Crippen molar-refractivity contribution in [3.05, 3.63) is 57.7 Å². The number of nitrogens with zero attached hydrogens (tertiary/aromatic N) is 1. The number of halogens is 1. The maximum absolute atomic E-state index is 12.9. The van der Waals surface area contributed by atoms with Crippen LogP contribution in [0, 0.1) is 3.57 Å². The van der Waals surface area contributed by atoms with E-state index in [4.69, 9.17) is 5.73 Å². The Morgan fingerprint density at radius 2 is 1.77 bits per heavy atom. The maximum Gasteiger partial charge on any atom is 0.265 e. The SMILES string of the molecule is NC(=O)[C@@H]1Cc2ccccc2N1S(=O)(=O)c1ccc(I)cc1. The van der Waals surface area contributed by atoms with E-state index < -0.39 is 22.0 Å². The summed E-state index contributed by atoms with van der Waals surface area (Å²) >= 11 is 2.11. The molecular formula is C15H13IN2O3S. The number of fused-ring (bicyclic) bond motifs is 1. The molecule has 1 atom stereocenters. The van der Waals surface area contributed by atoms with E-state index in [-0.39, 0.29) is 4.90 Å². The van der Waals surface area contributed by atoms with Gasteiger partial charge in [0.2, 0.25) is 5.91 Å². The lowest BCUT2D eigenvalue weighted by atomic mass is 10.1. The highest BCUT2D eigenvalue weighted by Crippen LogP contribution is 2.36. The molecule has 0 spiro atoms. The molecule has 0 radical (unpaired) electrons. The van der Waals surface area contributed by atoms with Gasteiger partial charge in [0.05, 0.1) is 10.6 Å². The van der Waals surface area contributed by atoms with E-state index in [1.54, 1.807) is 24.3 Å². The summed E-state index contributed by atoms with van der Waals surface area (Å²) in [4.78, 5) is 11.9. The molecule has 1 aliphatic heterocycles. The molecule has 1 heterocycles. The number of carbonyl (C=O) groups excluding carboxylic acids is 1. The van der Waals surface area contributed by atoms with Crippen molar-refractivity contribution in [1.29, 1.82) is 0 Å². The number of benzene rings is 2. The van der Waals surface area contributed by atoms with Crippen LogP contribution in [-0.2, 0) is 21.2 Å². The smallest absolute Gasteiger partial charge is 0.265 e. The third-order valence-corrected chi connectivity index (χ3v) is 6.18. The normalized spacial score (nSPS) is 17.3. The fourth-order valence-corrected chi connectivity index (χ4v) is 4.61. The van der Waals surface area contributed by atoms with Gasteiger partial charge in [-0.2, -0.15) is 0 Å². The zero-order valence-electron chi connectivity index (χ0n) is 11.4. The van der Waals surface area contributed by atoms with Gasteiger partial charge in [-0.15, -0.1) is 0 Å². The third kappa shape index (κ3) is 2.48. The van der Waals surface area contributed by atoms with Gasteiger partial charge in [0, 0.05) is 9.99 Å². The van der Waals surface area contributed by atoms with Crippen molar-refractivity contribution in [2.24, 2.45) is 5.73 Å². The van der Waals surface area contributed by atoms with Gasteiger partial charge in [-0.25, -0.2) is 8.42 Å². The fraction of sp³-hybridized carbons (Fsp3) is 0.133. The number of amides is 1. The number of primary amides is 1. The molecule has 0 unspecified atom stereocenters. The van der Waals surface area contributed by atoms with E-state index in [0.717, 1.165) is 13.4 Å². The molecular weight excluding hydrogens is 415 g/mol. The van der Waals surface area contributed by atoms with Gasteiger partial charge in [-0.1, -0.05) is 18.2 Å². The molecule has 22 heavy (non-hydrogen) atoms. The van der Waals surface area contributed by atoms with Gasteiger partial charge in [0.1, 0.15) is 6.04 Å². The Morgan fingerprint density at radius 1 is 1.14 bits per heavy atom. The van der Waals surface area contributed by atoms with Crippen LogP contribution in [0.15, 0.2) is 53.4 Å². The molecule has 0 aromatic heterocycles. The van der Waals surface area contributed by atoms with Crippen molar-refractivity contribution in [2.45, 2.75) is 17.4 Å². The summed E-state index contributed by atoms with van der Waals surface area (Å²) < 4.78 is 28.0.